The summed E-state index contributed by atoms with van der Waals surface area (Å²) in [6.45, 7) is 6.18. The maximum absolute atomic E-state index is 11.6. The molecule has 4 nitrogen and oxygen atoms in total. The Morgan fingerprint density at radius 1 is 0.957 bits per heavy atom. The van der Waals surface area contributed by atoms with Crippen LogP contribution in [0.4, 0.5) is 11.4 Å². The lowest BCUT2D eigenvalue weighted by Crippen LogP contribution is -2.46. The Balaban J connectivity index is 1.63. The summed E-state index contributed by atoms with van der Waals surface area (Å²) in [4.78, 5) is 16.4. The van der Waals surface area contributed by atoms with Crippen molar-refractivity contribution < 1.29 is 4.79 Å². The van der Waals surface area contributed by atoms with E-state index in [0.717, 1.165) is 26.2 Å². The molecule has 0 aliphatic carbocycles. The molecule has 0 aromatic heterocycles. The zero-order valence-corrected chi connectivity index (χ0v) is 13.5. The number of piperazine rings is 1. The summed E-state index contributed by atoms with van der Waals surface area (Å²) in [6.07, 6.45) is 0. The molecule has 2 aromatic carbocycles. The third-order valence-electron chi connectivity index (χ3n) is 4.39. The number of anilines is 2. The highest BCUT2D eigenvalue weighted by Gasteiger charge is 2.17. The SMILES string of the molecule is Cc1cccc(N2CCN(c3ccc(C(=O)CN)cc3)CC2)c1. The molecule has 0 radical (unpaired) electrons. The minimum Gasteiger partial charge on any atom is -0.368 e. The second-order valence-corrected chi connectivity index (χ2v) is 5.99. The highest BCUT2D eigenvalue weighted by molar-refractivity contribution is 5.97. The van der Waals surface area contributed by atoms with E-state index in [1.54, 1.807) is 0 Å². The van der Waals surface area contributed by atoms with Crippen molar-refractivity contribution in [3.63, 3.8) is 0 Å². The zero-order chi connectivity index (χ0) is 16.2. The molecule has 1 saturated heterocycles. The number of ketones is 1. The molecular weight excluding hydrogens is 286 g/mol. The van der Waals surface area contributed by atoms with E-state index in [0.29, 0.717) is 5.56 Å². The van der Waals surface area contributed by atoms with Crippen molar-refractivity contribution in [3.05, 3.63) is 59.7 Å². The van der Waals surface area contributed by atoms with Gasteiger partial charge in [0.2, 0.25) is 0 Å². The van der Waals surface area contributed by atoms with Crippen LogP contribution in [0.3, 0.4) is 0 Å². The molecular formula is C19H23N3O. The lowest BCUT2D eigenvalue weighted by molar-refractivity contribution is 0.100. The number of rotatable bonds is 4. The molecule has 23 heavy (non-hydrogen) atoms. The van der Waals surface area contributed by atoms with Crippen molar-refractivity contribution in [3.8, 4) is 0 Å². The monoisotopic (exact) mass is 309 g/mol. The summed E-state index contributed by atoms with van der Waals surface area (Å²) >= 11 is 0. The highest BCUT2D eigenvalue weighted by atomic mass is 16.1. The molecule has 4 heteroatoms. The van der Waals surface area contributed by atoms with Crippen LogP contribution in [-0.4, -0.2) is 38.5 Å². The smallest absolute Gasteiger partial charge is 0.176 e. The molecule has 3 rings (SSSR count). The van der Waals surface area contributed by atoms with Gasteiger partial charge in [-0.25, -0.2) is 0 Å². The van der Waals surface area contributed by atoms with Crippen LogP contribution >= 0.6 is 0 Å². The van der Waals surface area contributed by atoms with Crippen LogP contribution in [0.25, 0.3) is 0 Å². The van der Waals surface area contributed by atoms with Crippen molar-refractivity contribution in [1.82, 2.24) is 0 Å². The molecule has 120 valence electrons. The first-order valence-electron chi connectivity index (χ1n) is 8.07. The number of hydrogen-bond donors (Lipinski definition) is 1. The maximum atomic E-state index is 11.6. The van der Waals surface area contributed by atoms with E-state index in [9.17, 15) is 4.79 Å². The number of nitrogens with two attached hydrogens (primary N) is 1. The second-order valence-electron chi connectivity index (χ2n) is 5.99. The van der Waals surface area contributed by atoms with E-state index >= 15 is 0 Å². The summed E-state index contributed by atoms with van der Waals surface area (Å²) in [6, 6.07) is 16.4. The fraction of sp³-hybridized carbons (Fsp3) is 0.316. The van der Waals surface area contributed by atoms with E-state index in [1.807, 2.05) is 24.3 Å². The van der Waals surface area contributed by atoms with Gasteiger partial charge in [0, 0.05) is 43.1 Å². The Bertz CT molecular complexity index is 673. The van der Waals surface area contributed by atoms with Crippen LogP contribution in [-0.2, 0) is 0 Å². The first-order chi connectivity index (χ1) is 11.2. The topological polar surface area (TPSA) is 49.6 Å². The van der Waals surface area contributed by atoms with Crippen LogP contribution in [0, 0.1) is 6.92 Å². The minimum absolute atomic E-state index is 0.0131. The second kappa shape index (κ2) is 6.84. The molecule has 0 saturated carbocycles. The standard InChI is InChI=1S/C19H23N3O/c1-15-3-2-4-18(13-15)22-11-9-21(10-12-22)17-7-5-16(6-8-17)19(23)14-20/h2-8,13H,9-12,14,20H2,1H3. The number of carbonyl (C=O) groups is 1. The van der Waals surface area contributed by atoms with Gasteiger partial charge in [-0.3, -0.25) is 4.79 Å². The van der Waals surface area contributed by atoms with Gasteiger partial charge < -0.3 is 15.5 Å². The van der Waals surface area contributed by atoms with Crippen molar-refractivity contribution >= 4 is 17.2 Å². The van der Waals surface area contributed by atoms with E-state index < -0.39 is 0 Å². The zero-order valence-electron chi connectivity index (χ0n) is 13.5. The number of Topliss-reactive ketones (excluding diaryl/α,β-unsaturated/α-hetero) is 1. The molecule has 0 amide bonds. The van der Waals surface area contributed by atoms with E-state index in [2.05, 4.69) is 41.0 Å². The van der Waals surface area contributed by atoms with Crippen LogP contribution in [0.15, 0.2) is 48.5 Å². The third kappa shape index (κ3) is 3.54. The lowest BCUT2D eigenvalue weighted by Gasteiger charge is -2.37. The average molecular weight is 309 g/mol. The lowest BCUT2D eigenvalue weighted by atomic mass is 10.1. The third-order valence-corrected chi connectivity index (χ3v) is 4.39. The predicted octanol–water partition coefficient (Wildman–Crippen LogP) is 2.46. The Kier molecular flexibility index (Phi) is 4.63. The molecule has 0 atom stereocenters. The van der Waals surface area contributed by atoms with Gasteiger partial charge in [-0.2, -0.15) is 0 Å². The van der Waals surface area contributed by atoms with Gasteiger partial charge >= 0.3 is 0 Å². The van der Waals surface area contributed by atoms with Crippen molar-refractivity contribution in [2.24, 2.45) is 5.73 Å². The fourth-order valence-electron chi connectivity index (χ4n) is 3.02. The molecule has 2 aromatic rings. The Labute approximate surface area is 137 Å². The van der Waals surface area contributed by atoms with Crippen LogP contribution in [0.1, 0.15) is 15.9 Å². The van der Waals surface area contributed by atoms with Crippen molar-refractivity contribution in [2.45, 2.75) is 6.92 Å². The molecule has 1 aliphatic rings. The van der Waals surface area contributed by atoms with E-state index in [1.165, 1.54) is 16.9 Å². The van der Waals surface area contributed by atoms with Gasteiger partial charge in [-0.05, 0) is 48.9 Å². The molecule has 1 fully saturated rings. The Hall–Kier alpha value is -2.33. The van der Waals surface area contributed by atoms with E-state index in [4.69, 9.17) is 5.73 Å². The van der Waals surface area contributed by atoms with Gasteiger partial charge in [0.25, 0.3) is 0 Å². The first-order valence-corrected chi connectivity index (χ1v) is 8.07. The maximum Gasteiger partial charge on any atom is 0.176 e. The minimum atomic E-state index is -0.0131. The summed E-state index contributed by atoms with van der Waals surface area (Å²) in [5, 5.41) is 0. The summed E-state index contributed by atoms with van der Waals surface area (Å²) in [5.74, 6) is -0.0131. The molecule has 0 unspecified atom stereocenters. The predicted molar refractivity (Wildman–Crippen MR) is 95.4 cm³/mol. The van der Waals surface area contributed by atoms with Gasteiger partial charge in [0.1, 0.15) is 0 Å². The number of nitrogens with zero attached hydrogens (tertiary/aromatic N) is 2. The molecule has 1 aliphatic heterocycles. The summed E-state index contributed by atoms with van der Waals surface area (Å²) in [7, 11) is 0. The number of aryl methyl sites for hydroxylation is 1. The van der Waals surface area contributed by atoms with Gasteiger partial charge in [-0.15, -0.1) is 0 Å². The number of carbonyl (C=O) groups excluding carboxylic acids is 1. The summed E-state index contributed by atoms with van der Waals surface area (Å²) < 4.78 is 0. The number of benzene rings is 2. The van der Waals surface area contributed by atoms with Crippen molar-refractivity contribution in [1.29, 1.82) is 0 Å². The Morgan fingerprint density at radius 3 is 2.13 bits per heavy atom. The Morgan fingerprint density at radius 2 is 1.57 bits per heavy atom. The first kappa shape index (κ1) is 15.6. The highest BCUT2D eigenvalue weighted by Crippen LogP contribution is 2.21. The van der Waals surface area contributed by atoms with Crippen LogP contribution < -0.4 is 15.5 Å². The molecule has 0 spiro atoms. The van der Waals surface area contributed by atoms with Gasteiger partial charge in [0.05, 0.1) is 6.54 Å². The molecule has 2 N–H and O–H groups in total. The largest absolute Gasteiger partial charge is 0.368 e. The molecule has 0 bridgehead atoms. The summed E-state index contributed by atoms with van der Waals surface area (Å²) in [5.41, 5.74) is 9.85. The van der Waals surface area contributed by atoms with Crippen LogP contribution in [0.5, 0.6) is 0 Å². The van der Waals surface area contributed by atoms with Gasteiger partial charge in [0.15, 0.2) is 5.78 Å². The van der Waals surface area contributed by atoms with Crippen LogP contribution in [0.2, 0.25) is 0 Å². The normalized spacial score (nSPS) is 14.9. The van der Waals surface area contributed by atoms with Crippen molar-refractivity contribution in [2.75, 3.05) is 42.5 Å². The fourth-order valence-corrected chi connectivity index (χ4v) is 3.02. The average Bonchev–Trinajstić information content (AvgIpc) is 2.61. The van der Waals surface area contributed by atoms with E-state index in [-0.39, 0.29) is 12.3 Å². The number of hydrogen-bond acceptors (Lipinski definition) is 4. The van der Waals surface area contributed by atoms with Gasteiger partial charge in [-0.1, -0.05) is 12.1 Å². The molecule has 1 heterocycles. The quantitative estimate of drug-likeness (QED) is 0.882.